The average Bonchev–Trinajstić information content (AvgIpc) is 2.39. The molecule has 1 N–H and O–H groups in total. The van der Waals surface area contributed by atoms with Crippen LogP contribution in [0.25, 0.3) is 0 Å². The van der Waals surface area contributed by atoms with Gasteiger partial charge in [0.2, 0.25) is 0 Å². The highest BCUT2D eigenvalue weighted by atomic mass is 16.5. The fourth-order valence-corrected chi connectivity index (χ4v) is 2.06. The molecule has 0 amide bonds. The first kappa shape index (κ1) is 11.4. The summed E-state index contributed by atoms with van der Waals surface area (Å²) in [6, 6.07) is 2.48. The van der Waals surface area contributed by atoms with E-state index >= 15 is 0 Å². The second kappa shape index (κ2) is 5.27. The van der Waals surface area contributed by atoms with E-state index in [0.717, 1.165) is 31.9 Å². The maximum Gasteiger partial charge on any atom is 0.137 e. The molecule has 0 aliphatic carbocycles. The van der Waals surface area contributed by atoms with Gasteiger partial charge >= 0.3 is 0 Å². The third-order valence-electron chi connectivity index (χ3n) is 3.15. The van der Waals surface area contributed by atoms with Crippen LogP contribution in [-0.2, 0) is 0 Å². The zero-order valence-corrected chi connectivity index (χ0v) is 9.94. The first-order valence-corrected chi connectivity index (χ1v) is 5.75. The number of methoxy groups -OCH3 is 1. The molecular formula is C12H19N3O. The number of pyridine rings is 1. The normalized spacial score (nSPS) is 19.4. The van der Waals surface area contributed by atoms with Crippen molar-refractivity contribution in [3.63, 3.8) is 0 Å². The maximum atomic E-state index is 5.20. The van der Waals surface area contributed by atoms with Gasteiger partial charge in [0, 0.05) is 38.4 Å². The Labute approximate surface area is 96.6 Å². The fourth-order valence-electron chi connectivity index (χ4n) is 2.06. The summed E-state index contributed by atoms with van der Waals surface area (Å²) < 4.78 is 5.20. The zero-order valence-electron chi connectivity index (χ0n) is 9.94. The van der Waals surface area contributed by atoms with E-state index in [2.05, 4.69) is 28.2 Å². The van der Waals surface area contributed by atoms with Crippen molar-refractivity contribution >= 4 is 0 Å². The van der Waals surface area contributed by atoms with Gasteiger partial charge in [-0.15, -0.1) is 0 Å². The van der Waals surface area contributed by atoms with Gasteiger partial charge in [-0.05, 0) is 18.6 Å². The van der Waals surface area contributed by atoms with Crippen LogP contribution in [-0.4, -0.2) is 43.2 Å². The number of ether oxygens (including phenoxy) is 1. The molecule has 1 fully saturated rings. The molecule has 0 spiro atoms. The molecule has 2 heterocycles. The van der Waals surface area contributed by atoms with E-state index in [1.807, 2.05) is 6.20 Å². The number of hydrogen-bond acceptors (Lipinski definition) is 4. The topological polar surface area (TPSA) is 37.4 Å². The van der Waals surface area contributed by atoms with Gasteiger partial charge in [0.25, 0.3) is 0 Å². The molecule has 88 valence electrons. The molecule has 1 aliphatic heterocycles. The van der Waals surface area contributed by atoms with Crippen molar-refractivity contribution in [1.82, 2.24) is 15.2 Å². The Hall–Kier alpha value is -1.13. The van der Waals surface area contributed by atoms with Crippen LogP contribution in [0.15, 0.2) is 18.5 Å². The predicted octanol–water partition coefficient (Wildman–Crippen LogP) is 1.06. The maximum absolute atomic E-state index is 5.20. The third-order valence-corrected chi connectivity index (χ3v) is 3.15. The average molecular weight is 221 g/mol. The Morgan fingerprint density at radius 2 is 2.12 bits per heavy atom. The second-order valence-electron chi connectivity index (χ2n) is 4.12. The standard InChI is InChI=1S/C12H19N3O/c1-10(15-5-3-13-4-6-15)11-7-12(16-2)9-14-8-11/h7-10,13H,3-6H2,1-2H3. The minimum atomic E-state index is 0.407. The van der Waals surface area contributed by atoms with Crippen molar-refractivity contribution < 1.29 is 4.74 Å². The molecule has 16 heavy (non-hydrogen) atoms. The van der Waals surface area contributed by atoms with E-state index in [4.69, 9.17) is 4.74 Å². The van der Waals surface area contributed by atoms with Crippen LogP contribution >= 0.6 is 0 Å². The summed E-state index contributed by atoms with van der Waals surface area (Å²) in [6.45, 7) is 6.56. The van der Waals surface area contributed by atoms with E-state index in [-0.39, 0.29) is 0 Å². The molecule has 0 bridgehead atoms. The zero-order chi connectivity index (χ0) is 11.4. The Kier molecular flexibility index (Phi) is 3.74. The van der Waals surface area contributed by atoms with Gasteiger partial charge in [0.1, 0.15) is 5.75 Å². The molecule has 4 heteroatoms. The van der Waals surface area contributed by atoms with Gasteiger partial charge in [0.05, 0.1) is 13.3 Å². The quantitative estimate of drug-likeness (QED) is 0.828. The van der Waals surface area contributed by atoms with Gasteiger partial charge in [-0.3, -0.25) is 9.88 Å². The largest absolute Gasteiger partial charge is 0.495 e. The van der Waals surface area contributed by atoms with Crippen LogP contribution in [0.1, 0.15) is 18.5 Å². The van der Waals surface area contributed by atoms with Gasteiger partial charge in [-0.1, -0.05) is 0 Å². The van der Waals surface area contributed by atoms with Gasteiger partial charge < -0.3 is 10.1 Å². The van der Waals surface area contributed by atoms with Crippen LogP contribution < -0.4 is 10.1 Å². The Balaban J connectivity index is 2.09. The minimum absolute atomic E-state index is 0.407. The summed E-state index contributed by atoms with van der Waals surface area (Å²) in [6.07, 6.45) is 3.67. The molecule has 1 aliphatic rings. The Morgan fingerprint density at radius 1 is 1.38 bits per heavy atom. The molecule has 0 radical (unpaired) electrons. The van der Waals surface area contributed by atoms with Gasteiger partial charge in [0.15, 0.2) is 0 Å². The van der Waals surface area contributed by atoms with Crippen LogP contribution in [0.4, 0.5) is 0 Å². The van der Waals surface area contributed by atoms with Crippen molar-refractivity contribution in [3.05, 3.63) is 24.0 Å². The SMILES string of the molecule is COc1cncc(C(C)N2CCNCC2)c1. The molecule has 0 saturated carbocycles. The van der Waals surface area contributed by atoms with Gasteiger partial charge in [-0.2, -0.15) is 0 Å². The summed E-state index contributed by atoms with van der Waals surface area (Å²) in [5.74, 6) is 0.833. The highest BCUT2D eigenvalue weighted by molar-refractivity contribution is 5.25. The number of nitrogens with one attached hydrogen (secondary N) is 1. The number of hydrogen-bond donors (Lipinski definition) is 1. The Morgan fingerprint density at radius 3 is 2.81 bits per heavy atom. The number of nitrogens with zero attached hydrogens (tertiary/aromatic N) is 2. The number of rotatable bonds is 3. The highest BCUT2D eigenvalue weighted by Crippen LogP contribution is 2.22. The monoisotopic (exact) mass is 221 g/mol. The minimum Gasteiger partial charge on any atom is -0.495 e. The molecule has 1 aromatic heterocycles. The summed E-state index contributed by atoms with van der Waals surface area (Å²) in [5, 5.41) is 3.36. The molecule has 1 unspecified atom stereocenters. The third kappa shape index (κ3) is 2.51. The van der Waals surface area contributed by atoms with E-state index < -0.39 is 0 Å². The van der Waals surface area contributed by atoms with Crippen LogP contribution in [0.3, 0.4) is 0 Å². The lowest BCUT2D eigenvalue weighted by Gasteiger charge is -2.32. The lowest BCUT2D eigenvalue weighted by molar-refractivity contribution is 0.185. The van der Waals surface area contributed by atoms with Crippen molar-refractivity contribution in [1.29, 1.82) is 0 Å². The summed E-state index contributed by atoms with van der Waals surface area (Å²) >= 11 is 0. The second-order valence-corrected chi connectivity index (χ2v) is 4.12. The van der Waals surface area contributed by atoms with Crippen LogP contribution in [0.5, 0.6) is 5.75 Å². The lowest BCUT2D eigenvalue weighted by Crippen LogP contribution is -2.44. The highest BCUT2D eigenvalue weighted by Gasteiger charge is 2.18. The first-order chi connectivity index (χ1) is 7.81. The predicted molar refractivity (Wildman–Crippen MR) is 63.6 cm³/mol. The fraction of sp³-hybridized carbons (Fsp3) is 0.583. The van der Waals surface area contributed by atoms with E-state index in [0.29, 0.717) is 6.04 Å². The summed E-state index contributed by atoms with van der Waals surface area (Å²) in [7, 11) is 1.68. The van der Waals surface area contributed by atoms with Crippen LogP contribution in [0, 0.1) is 0 Å². The summed E-state index contributed by atoms with van der Waals surface area (Å²) in [5.41, 5.74) is 1.22. The Bertz CT molecular complexity index is 337. The lowest BCUT2D eigenvalue weighted by atomic mass is 10.1. The summed E-state index contributed by atoms with van der Waals surface area (Å²) in [4.78, 5) is 6.67. The molecule has 1 saturated heterocycles. The van der Waals surface area contributed by atoms with E-state index in [9.17, 15) is 0 Å². The van der Waals surface area contributed by atoms with Crippen molar-refractivity contribution in [3.8, 4) is 5.75 Å². The van der Waals surface area contributed by atoms with Crippen molar-refractivity contribution in [2.45, 2.75) is 13.0 Å². The number of piperazine rings is 1. The van der Waals surface area contributed by atoms with E-state index in [1.165, 1.54) is 5.56 Å². The van der Waals surface area contributed by atoms with Crippen LogP contribution in [0.2, 0.25) is 0 Å². The first-order valence-electron chi connectivity index (χ1n) is 5.75. The van der Waals surface area contributed by atoms with Crippen molar-refractivity contribution in [2.24, 2.45) is 0 Å². The van der Waals surface area contributed by atoms with Crippen molar-refractivity contribution in [2.75, 3.05) is 33.3 Å². The number of aromatic nitrogens is 1. The molecular weight excluding hydrogens is 202 g/mol. The van der Waals surface area contributed by atoms with Gasteiger partial charge in [-0.25, -0.2) is 0 Å². The molecule has 1 atom stereocenters. The molecule has 2 rings (SSSR count). The molecule has 4 nitrogen and oxygen atoms in total. The molecule has 1 aromatic rings. The molecule has 0 aromatic carbocycles. The van der Waals surface area contributed by atoms with E-state index in [1.54, 1.807) is 13.3 Å². The smallest absolute Gasteiger partial charge is 0.137 e.